The number of methoxy groups -OCH3 is 1. The van der Waals surface area contributed by atoms with Gasteiger partial charge in [-0.25, -0.2) is 4.39 Å². The second kappa shape index (κ2) is 6.50. The number of likely N-dealkylation sites (N-methyl/N-ethyl adjacent to an activating group) is 1. The van der Waals surface area contributed by atoms with Crippen LogP contribution >= 0.6 is 11.8 Å². The summed E-state index contributed by atoms with van der Waals surface area (Å²) in [4.78, 5) is 12.2. The van der Waals surface area contributed by atoms with E-state index in [1.54, 1.807) is 19.2 Å². The van der Waals surface area contributed by atoms with Gasteiger partial charge in [0.25, 0.3) is 0 Å². The average Bonchev–Trinajstić information content (AvgIpc) is 2.31. The Labute approximate surface area is 98.4 Å². The van der Waals surface area contributed by atoms with Crippen molar-refractivity contribution in [1.82, 2.24) is 5.32 Å². The molecule has 0 amide bonds. The number of carbonyl (C=O) groups excluding carboxylic acids is 1. The van der Waals surface area contributed by atoms with E-state index in [1.807, 2.05) is 0 Å². The van der Waals surface area contributed by atoms with E-state index >= 15 is 0 Å². The number of carbonyl (C=O) groups is 1. The molecule has 1 unspecified atom stereocenters. The molecule has 1 N–H and O–H groups in total. The summed E-state index contributed by atoms with van der Waals surface area (Å²) in [5.74, 6) is -0.00553. The van der Waals surface area contributed by atoms with Crippen molar-refractivity contribution in [2.24, 2.45) is 0 Å². The smallest absolute Gasteiger partial charge is 0.323 e. The summed E-state index contributed by atoms with van der Waals surface area (Å²) in [5, 5.41) is 2.86. The van der Waals surface area contributed by atoms with Gasteiger partial charge in [-0.05, 0) is 31.3 Å². The predicted octanol–water partition coefficient (Wildman–Crippen LogP) is 1.68. The van der Waals surface area contributed by atoms with Gasteiger partial charge >= 0.3 is 5.97 Å². The number of hydrogen-bond donors (Lipinski definition) is 1. The number of esters is 1. The van der Waals surface area contributed by atoms with E-state index in [4.69, 9.17) is 0 Å². The summed E-state index contributed by atoms with van der Waals surface area (Å²) in [6.07, 6.45) is 0. The van der Waals surface area contributed by atoms with Crippen molar-refractivity contribution < 1.29 is 13.9 Å². The quantitative estimate of drug-likeness (QED) is 0.631. The van der Waals surface area contributed by atoms with Crippen LogP contribution in [-0.4, -0.2) is 31.9 Å². The molecule has 1 atom stereocenters. The van der Waals surface area contributed by atoms with Crippen LogP contribution in [0.25, 0.3) is 0 Å². The minimum absolute atomic E-state index is 0.262. The number of halogens is 1. The number of rotatable bonds is 5. The van der Waals surface area contributed by atoms with Crippen LogP contribution in [0.4, 0.5) is 4.39 Å². The number of thioether (sulfide) groups is 1. The first kappa shape index (κ1) is 13.0. The Morgan fingerprint density at radius 3 is 2.62 bits per heavy atom. The van der Waals surface area contributed by atoms with Gasteiger partial charge in [0.05, 0.1) is 7.11 Å². The molecule has 0 aromatic heterocycles. The zero-order chi connectivity index (χ0) is 12.0. The predicted molar refractivity (Wildman–Crippen MR) is 62.0 cm³/mol. The monoisotopic (exact) mass is 243 g/mol. The van der Waals surface area contributed by atoms with Gasteiger partial charge in [-0.2, -0.15) is 0 Å². The third-order valence-electron chi connectivity index (χ3n) is 2.06. The highest BCUT2D eigenvalue weighted by Gasteiger charge is 2.16. The number of ether oxygens (including phenoxy) is 1. The van der Waals surface area contributed by atoms with Gasteiger partial charge in [0.15, 0.2) is 0 Å². The highest BCUT2D eigenvalue weighted by molar-refractivity contribution is 7.99. The van der Waals surface area contributed by atoms with Gasteiger partial charge in [-0.3, -0.25) is 4.79 Å². The Bertz CT molecular complexity index is 342. The van der Waals surface area contributed by atoms with Crippen LogP contribution in [0.5, 0.6) is 0 Å². The fraction of sp³-hybridized carbons (Fsp3) is 0.364. The van der Waals surface area contributed by atoms with E-state index in [0.717, 1.165) is 4.90 Å². The molecule has 5 heteroatoms. The SMILES string of the molecule is CNC(CSc1ccc(F)cc1)C(=O)OC. The van der Waals surface area contributed by atoms with E-state index in [0.29, 0.717) is 5.75 Å². The van der Waals surface area contributed by atoms with E-state index < -0.39 is 0 Å². The summed E-state index contributed by atoms with van der Waals surface area (Å²) in [6.45, 7) is 0. The first-order chi connectivity index (χ1) is 7.67. The Morgan fingerprint density at radius 1 is 1.50 bits per heavy atom. The Balaban J connectivity index is 2.49. The fourth-order valence-corrected chi connectivity index (χ4v) is 2.11. The summed E-state index contributed by atoms with van der Waals surface area (Å²) in [7, 11) is 3.06. The maximum atomic E-state index is 12.6. The molecule has 1 rings (SSSR count). The lowest BCUT2D eigenvalue weighted by molar-refractivity contribution is -0.142. The average molecular weight is 243 g/mol. The molecular weight excluding hydrogens is 229 g/mol. The van der Waals surface area contributed by atoms with E-state index in [9.17, 15) is 9.18 Å². The first-order valence-corrected chi connectivity index (χ1v) is 5.79. The molecule has 0 radical (unpaired) electrons. The Morgan fingerprint density at radius 2 is 2.12 bits per heavy atom. The van der Waals surface area contributed by atoms with Crippen molar-refractivity contribution >= 4 is 17.7 Å². The van der Waals surface area contributed by atoms with Crippen molar-refractivity contribution in [3.8, 4) is 0 Å². The lowest BCUT2D eigenvalue weighted by Gasteiger charge is -2.12. The normalized spacial score (nSPS) is 12.2. The zero-order valence-corrected chi connectivity index (χ0v) is 10.0. The summed E-state index contributed by atoms with van der Waals surface area (Å²) in [6, 6.07) is 5.82. The minimum Gasteiger partial charge on any atom is -0.468 e. The van der Waals surface area contributed by atoms with Crippen LogP contribution in [-0.2, 0) is 9.53 Å². The minimum atomic E-state index is -0.347. The summed E-state index contributed by atoms with van der Waals surface area (Å²) >= 11 is 1.48. The van der Waals surface area contributed by atoms with E-state index in [1.165, 1.54) is 31.0 Å². The molecule has 3 nitrogen and oxygen atoms in total. The van der Waals surface area contributed by atoms with Crippen molar-refractivity contribution in [3.05, 3.63) is 30.1 Å². The summed E-state index contributed by atoms with van der Waals surface area (Å²) < 4.78 is 17.3. The molecule has 0 aliphatic rings. The topological polar surface area (TPSA) is 38.3 Å². The van der Waals surface area contributed by atoms with Crippen LogP contribution in [0, 0.1) is 5.82 Å². The van der Waals surface area contributed by atoms with E-state index in [2.05, 4.69) is 10.1 Å². The fourth-order valence-electron chi connectivity index (χ4n) is 1.12. The van der Waals surface area contributed by atoms with Crippen LogP contribution in [0.15, 0.2) is 29.2 Å². The molecule has 0 spiro atoms. The second-order valence-electron chi connectivity index (χ2n) is 3.13. The molecule has 16 heavy (non-hydrogen) atoms. The lowest BCUT2D eigenvalue weighted by Crippen LogP contribution is -2.37. The van der Waals surface area contributed by atoms with Crippen LogP contribution in [0.3, 0.4) is 0 Å². The Hall–Kier alpha value is -1.07. The van der Waals surface area contributed by atoms with Gasteiger partial charge < -0.3 is 10.1 Å². The van der Waals surface area contributed by atoms with Gasteiger partial charge in [0, 0.05) is 10.6 Å². The van der Waals surface area contributed by atoms with Gasteiger partial charge in [0.1, 0.15) is 11.9 Å². The van der Waals surface area contributed by atoms with E-state index in [-0.39, 0.29) is 17.8 Å². The number of nitrogens with one attached hydrogen (secondary N) is 1. The second-order valence-corrected chi connectivity index (χ2v) is 4.22. The van der Waals surface area contributed by atoms with Crippen LogP contribution in [0.2, 0.25) is 0 Å². The third kappa shape index (κ3) is 3.83. The summed E-state index contributed by atoms with van der Waals surface area (Å²) in [5.41, 5.74) is 0. The van der Waals surface area contributed by atoms with Crippen molar-refractivity contribution in [3.63, 3.8) is 0 Å². The molecule has 0 aliphatic heterocycles. The van der Waals surface area contributed by atoms with Crippen molar-refractivity contribution in [1.29, 1.82) is 0 Å². The standard InChI is InChI=1S/C11H14FNO2S/c1-13-10(11(14)15-2)7-16-9-5-3-8(12)4-6-9/h3-6,10,13H,7H2,1-2H3. The molecule has 0 saturated heterocycles. The number of benzene rings is 1. The largest absolute Gasteiger partial charge is 0.468 e. The molecule has 0 heterocycles. The molecule has 0 aliphatic carbocycles. The molecule has 1 aromatic carbocycles. The molecule has 0 saturated carbocycles. The lowest BCUT2D eigenvalue weighted by atomic mass is 10.3. The third-order valence-corrected chi connectivity index (χ3v) is 3.17. The maximum absolute atomic E-state index is 12.6. The highest BCUT2D eigenvalue weighted by Crippen LogP contribution is 2.19. The first-order valence-electron chi connectivity index (χ1n) is 4.81. The van der Waals surface area contributed by atoms with Crippen molar-refractivity contribution in [2.45, 2.75) is 10.9 Å². The maximum Gasteiger partial charge on any atom is 0.323 e. The van der Waals surface area contributed by atoms with Gasteiger partial charge in [-0.1, -0.05) is 0 Å². The van der Waals surface area contributed by atoms with Crippen LogP contribution < -0.4 is 5.32 Å². The molecule has 0 bridgehead atoms. The van der Waals surface area contributed by atoms with Gasteiger partial charge in [0.2, 0.25) is 0 Å². The highest BCUT2D eigenvalue weighted by atomic mass is 32.2. The van der Waals surface area contributed by atoms with Crippen molar-refractivity contribution in [2.75, 3.05) is 19.9 Å². The molecule has 88 valence electrons. The molecule has 1 aromatic rings. The Kier molecular flexibility index (Phi) is 5.28. The molecule has 0 fully saturated rings. The van der Waals surface area contributed by atoms with Crippen LogP contribution in [0.1, 0.15) is 0 Å². The zero-order valence-electron chi connectivity index (χ0n) is 9.20. The van der Waals surface area contributed by atoms with Gasteiger partial charge in [-0.15, -0.1) is 11.8 Å². The molecular formula is C11H14FNO2S. The number of hydrogen-bond acceptors (Lipinski definition) is 4.